The summed E-state index contributed by atoms with van der Waals surface area (Å²) in [4.78, 5) is 9.27. The molecule has 36 heavy (non-hydrogen) atoms. The predicted molar refractivity (Wildman–Crippen MR) is 154 cm³/mol. The van der Waals surface area contributed by atoms with Crippen LogP contribution in [-0.2, 0) is 19.6 Å². The molecule has 0 saturated carbocycles. The van der Waals surface area contributed by atoms with Crippen molar-refractivity contribution in [2.75, 3.05) is 31.4 Å². The van der Waals surface area contributed by atoms with E-state index in [4.69, 9.17) is 16.6 Å². The van der Waals surface area contributed by atoms with Crippen molar-refractivity contribution in [2.24, 2.45) is 0 Å². The number of halogens is 1. The molecule has 0 bridgehead atoms. The third-order valence-electron chi connectivity index (χ3n) is 6.49. The largest absolute Gasteiger partial charge is 0.380 e. The van der Waals surface area contributed by atoms with Crippen LogP contribution in [0.3, 0.4) is 0 Å². The smallest absolute Gasteiger partial charge is 0.0745 e. The monoisotopic (exact) mass is 494 g/mol. The Balaban J connectivity index is 1.26. The van der Waals surface area contributed by atoms with Gasteiger partial charge in [-0.25, -0.2) is 4.98 Å². The minimum Gasteiger partial charge on any atom is -0.380 e. The lowest BCUT2D eigenvalue weighted by atomic mass is 10.1. The molecule has 182 valence electrons. The molecular weight excluding hydrogens is 464 g/mol. The van der Waals surface area contributed by atoms with E-state index in [9.17, 15) is 0 Å². The molecule has 0 atom stereocenters. The number of rotatable bonds is 8. The van der Waals surface area contributed by atoms with E-state index in [-0.39, 0.29) is 0 Å². The van der Waals surface area contributed by atoms with Gasteiger partial charge in [-0.2, -0.15) is 0 Å². The Hall–Kier alpha value is -3.60. The van der Waals surface area contributed by atoms with Crippen molar-refractivity contribution in [2.45, 2.75) is 19.6 Å². The van der Waals surface area contributed by atoms with Crippen LogP contribution in [0.1, 0.15) is 16.7 Å². The first-order valence-electron chi connectivity index (χ1n) is 12.2. The van der Waals surface area contributed by atoms with Gasteiger partial charge in [0.15, 0.2) is 0 Å². The number of aromatic nitrogens is 1. The van der Waals surface area contributed by atoms with Crippen LogP contribution in [0.2, 0.25) is 5.02 Å². The maximum absolute atomic E-state index is 6.24. The molecule has 0 aliphatic heterocycles. The second-order valence-electron chi connectivity index (χ2n) is 9.57. The number of anilines is 2. The van der Waals surface area contributed by atoms with Crippen LogP contribution in [0.4, 0.5) is 11.4 Å². The molecule has 5 aromatic rings. The van der Waals surface area contributed by atoms with E-state index in [0.717, 1.165) is 47.1 Å². The quantitative estimate of drug-likeness (QED) is 0.228. The van der Waals surface area contributed by atoms with E-state index in [0.29, 0.717) is 5.02 Å². The normalized spacial score (nSPS) is 11.4. The lowest BCUT2D eigenvalue weighted by Crippen LogP contribution is -2.17. The van der Waals surface area contributed by atoms with E-state index in [2.05, 4.69) is 96.9 Å². The summed E-state index contributed by atoms with van der Waals surface area (Å²) in [6.45, 7) is 2.56. The molecule has 0 radical (unpaired) electrons. The van der Waals surface area contributed by atoms with E-state index in [1.165, 1.54) is 22.4 Å². The summed E-state index contributed by atoms with van der Waals surface area (Å²) in [5.41, 5.74) is 8.05. The fraction of sp³-hybridized carbons (Fsp3) is 0.194. The standard InChI is InChI=1S/C31H31ClN4/c1-35(2)26-15-12-24(13-16-26)21-36(3)20-23-10-8-22(9-11-23)19-33-31-27-6-4-5-7-29(27)34-30-18-25(32)14-17-28(30)31/h4-18H,19-21H2,1-3H3,(H,33,34). The molecule has 1 N–H and O–H groups in total. The molecule has 0 saturated heterocycles. The van der Waals surface area contributed by atoms with Gasteiger partial charge in [0.25, 0.3) is 0 Å². The van der Waals surface area contributed by atoms with Gasteiger partial charge in [0.05, 0.1) is 16.7 Å². The molecule has 1 heterocycles. The van der Waals surface area contributed by atoms with Crippen LogP contribution in [-0.4, -0.2) is 31.0 Å². The lowest BCUT2D eigenvalue weighted by Gasteiger charge is -2.18. The molecule has 0 aliphatic carbocycles. The Bertz CT molecular complexity index is 1480. The lowest BCUT2D eigenvalue weighted by molar-refractivity contribution is 0.319. The Morgan fingerprint density at radius 2 is 1.31 bits per heavy atom. The number of hydrogen-bond donors (Lipinski definition) is 1. The number of nitrogens with zero attached hydrogens (tertiary/aromatic N) is 3. The summed E-state index contributed by atoms with van der Waals surface area (Å²) < 4.78 is 0. The molecule has 0 fully saturated rings. The zero-order valence-corrected chi connectivity index (χ0v) is 21.8. The van der Waals surface area contributed by atoms with Gasteiger partial charge >= 0.3 is 0 Å². The predicted octanol–water partition coefficient (Wildman–Crippen LogP) is 7.35. The Kier molecular flexibility index (Phi) is 7.08. The number of pyridine rings is 1. The highest BCUT2D eigenvalue weighted by Gasteiger charge is 2.10. The van der Waals surface area contributed by atoms with Crippen molar-refractivity contribution in [3.8, 4) is 0 Å². The fourth-order valence-electron chi connectivity index (χ4n) is 4.59. The van der Waals surface area contributed by atoms with Crippen LogP contribution in [0.5, 0.6) is 0 Å². The highest BCUT2D eigenvalue weighted by atomic mass is 35.5. The fourth-order valence-corrected chi connectivity index (χ4v) is 4.75. The first kappa shape index (κ1) is 24.1. The zero-order valence-electron chi connectivity index (χ0n) is 21.0. The molecule has 0 amide bonds. The van der Waals surface area contributed by atoms with Gasteiger partial charge in [-0.1, -0.05) is 66.2 Å². The average molecular weight is 495 g/mol. The Labute approximate surface area is 218 Å². The SMILES string of the molecule is CN(Cc1ccc(CNc2c3ccccc3nc3cc(Cl)ccc23)cc1)Cc1ccc(N(C)C)cc1. The van der Waals surface area contributed by atoms with Crippen molar-refractivity contribution in [3.63, 3.8) is 0 Å². The van der Waals surface area contributed by atoms with Crippen molar-refractivity contribution >= 4 is 44.8 Å². The molecule has 5 heteroatoms. The van der Waals surface area contributed by atoms with Gasteiger partial charge in [0.2, 0.25) is 0 Å². The second-order valence-corrected chi connectivity index (χ2v) is 10.0. The summed E-state index contributed by atoms with van der Waals surface area (Å²) in [5.74, 6) is 0. The van der Waals surface area contributed by atoms with Crippen molar-refractivity contribution in [1.82, 2.24) is 9.88 Å². The number of hydrogen-bond acceptors (Lipinski definition) is 4. The highest BCUT2D eigenvalue weighted by Crippen LogP contribution is 2.32. The van der Waals surface area contributed by atoms with Crippen LogP contribution in [0.25, 0.3) is 21.8 Å². The third kappa shape index (κ3) is 5.46. The summed E-state index contributed by atoms with van der Waals surface area (Å²) in [6, 6.07) is 31.8. The minimum atomic E-state index is 0.697. The molecular formula is C31H31ClN4. The maximum Gasteiger partial charge on any atom is 0.0745 e. The molecule has 4 aromatic carbocycles. The van der Waals surface area contributed by atoms with Gasteiger partial charge in [-0.15, -0.1) is 0 Å². The average Bonchev–Trinajstić information content (AvgIpc) is 2.87. The highest BCUT2D eigenvalue weighted by molar-refractivity contribution is 6.31. The van der Waals surface area contributed by atoms with E-state index in [1.807, 2.05) is 30.3 Å². The molecule has 0 unspecified atom stereocenters. The van der Waals surface area contributed by atoms with Gasteiger partial charge < -0.3 is 10.2 Å². The Morgan fingerprint density at radius 3 is 2.00 bits per heavy atom. The van der Waals surface area contributed by atoms with Crippen LogP contribution in [0, 0.1) is 0 Å². The summed E-state index contributed by atoms with van der Waals surface area (Å²) >= 11 is 6.24. The van der Waals surface area contributed by atoms with Gasteiger partial charge in [-0.05, 0) is 60.1 Å². The van der Waals surface area contributed by atoms with Crippen molar-refractivity contribution < 1.29 is 0 Å². The number of benzene rings is 4. The first-order chi connectivity index (χ1) is 17.5. The maximum atomic E-state index is 6.24. The summed E-state index contributed by atoms with van der Waals surface area (Å²) in [7, 11) is 6.30. The zero-order chi connectivity index (χ0) is 25.1. The molecule has 4 nitrogen and oxygen atoms in total. The van der Waals surface area contributed by atoms with E-state index < -0.39 is 0 Å². The van der Waals surface area contributed by atoms with Gasteiger partial charge in [-0.3, -0.25) is 4.90 Å². The molecule has 5 rings (SSSR count). The number of nitrogens with one attached hydrogen (secondary N) is 1. The summed E-state index contributed by atoms with van der Waals surface area (Å²) in [5, 5.41) is 6.57. The molecule has 0 aliphatic rings. The van der Waals surface area contributed by atoms with Crippen LogP contribution in [0.15, 0.2) is 91.0 Å². The van der Waals surface area contributed by atoms with Crippen LogP contribution < -0.4 is 10.2 Å². The minimum absolute atomic E-state index is 0.697. The van der Waals surface area contributed by atoms with E-state index >= 15 is 0 Å². The van der Waals surface area contributed by atoms with Crippen LogP contribution >= 0.6 is 11.6 Å². The second kappa shape index (κ2) is 10.6. The Morgan fingerprint density at radius 1 is 0.694 bits per heavy atom. The number of para-hydroxylation sites is 1. The third-order valence-corrected chi connectivity index (χ3v) is 6.73. The van der Waals surface area contributed by atoms with Gasteiger partial charge in [0.1, 0.15) is 0 Å². The van der Waals surface area contributed by atoms with E-state index in [1.54, 1.807) is 0 Å². The number of fused-ring (bicyclic) bond motifs is 2. The molecule has 0 spiro atoms. The first-order valence-corrected chi connectivity index (χ1v) is 12.6. The molecule has 1 aromatic heterocycles. The van der Waals surface area contributed by atoms with Crippen molar-refractivity contribution in [1.29, 1.82) is 0 Å². The summed E-state index contributed by atoms with van der Waals surface area (Å²) in [6.07, 6.45) is 0. The van der Waals surface area contributed by atoms with Crippen molar-refractivity contribution in [3.05, 3.63) is 113 Å². The topological polar surface area (TPSA) is 31.4 Å². The van der Waals surface area contributed by atoms with Gasteiger partial charge in [0, 0.05) is 55.2 Å².